The normalized spacial score (nSPS) is 9.57. The third kappa shape index (κ3) is 5.23. The number of hydrogen-bond donors (Lipinski definition) is 0. The van der Waals surface area contributed by atoms with Crippen molar-refractivity contribution in [3.63, 3.8) is 0 Å². The molecular weight excluding hydrogens is 194 g/mol. The minimum atomic E-state index is 0. The van der Waals surface area contributed by atoms with Gasteiger partial charge in [0.15, 0.2) is 12.4 Å². The molecular formula is C12H20ClN. The summed E-state index contributed by atoms with van der Waals surface area (Å²) in [6.07, 6.45) is 9.72. The average molecular weight is 214 g/mol. The molecule has 0 aliphatic heterocycles. The van der Waals surface area contributed by atoms with Crippen LogP contribution in [0.25, 0.3) is 0 Å². The molecule has 0 amide bonds. The molecule has 1 nitrogen and oxygen atoms in total. The molecule has 2 heteroatoms. The summed E-state index contributed by atoms with van der Waals surface area (Å²) in [5.41, 5.74) is 1.35. The van der Waals surface area contributed by atoms with E-state index in [1.165, 1.54) is 37.8 Å². The Morgan fingerprint density at radius 1 is 1.21 bits per heavy atom. The van der Waals surface area contributed by atoms with Gasteiger partial charge in [-0.1, -0.05) is 19.8 Å². The van der Waals surface area contributed by atoms with Crippen LogP contribution in [-0.2, 0) is 6.54 Å². The molecule has 0 saturated heterocycles. The van der Waals surface area contributed by atoms with Crippen LogP contribution < -0.4 is 17.0 Å². The summed E-state index contributed by atoms with van der Waals surface area (Å²) >= 11 is 0. The number of halogens is 1. The average Bonchev–Trinajstić information content (AvgIpc) is 2.13. The Balaban J connectivity index is 0.00000169. The second-order valence-electron chi connectivity index (χ2n) is 3.68. The maximum atomic E-state index is 2.28. The van der Waals surface area contributed by atoms with Gasteiger partial charge in [0.05, 0.1) is 0 Å². The molecule has 1 aromatic rings. The Kier molecular flexibility index (Phi) is 7.50. The monoisotopic (exact) mass is 213 g/mol. The van der Waals surface area contributed by atoms with E-state index in [2.05, 4.69) is 42.9 Å². The van der Waals surface area contributed by atoms with Crippen molar-refractivity contribution in [2.75, 3.05) is 0 Å². The van der Waals surface area contributed by atoms with Crippen molar-refractivity contribution in [2.24, 2.45) is 0 Å². The smallest absolute Gasteiger partial charge is 0.171 e. The zero-order chi connectivity index (χ0) is 9.52. The predicted molar refractivity (Wildman–Crippen MR) is 55.5 cm³/mol. The summed E-state index contributed by atoms with van der Waals surface area (Å²) in [5, 5.41) is 0. The Morgan fingerprint density at radius 2 is 2.00 bits per heavy atom. The lowest BCUT2D eigenvalue weighted by Crippen LogP contribution is -3.00. The topological polar surface area (TPSA) is 3.88 Å². The summed E-state index contributed by atoms with van der Waals surface area (Å²) in [6, 6.07) is 4.26. The fraction of sp³-hybridized carbons (Fsp3) is 0.583. The van der Waals surface area contributed by atoms with Crippen LogP contribution in [0.4, 0.5) is 0 Å². The van der Waals surface area contributed by atoms with Gasteiger partial charge in [-0.15, -0.1) is 0 Å². The standard InChI is InChI=1S/C12H20N.ClH/c1-3-4-5-6-9-13-10-7-8-12(2)11-13;/h7-8,10-11H,3-6,9H2,1-2H3;1H/q+1;/p-1. The van der Waals surface area contributed by atoms with Gasteiger partial charge < -0.3 is 12.4 Å². The van der Waals surface area contributed by atoms with Gasteiger partial charge in [-0.3, -0.25) is 0 Å². The predicted octanol–water partition coefficient (Wildman–Crippen LogP) is -0.133. The van der Waals surface area contributed by atoms with Gasteiger partial charge in [-0.25, -0.2) is 4.57 Å². The number of hydrogen-bond acceptors (Lipinski definition) is 0. The molecule has 0 N–H and O–H groups in total. The highest BCUT2D eigenvalue weighted by molar-refractivity contribution is 5.01. The van der Waals surface area contributed by atoms with E-state index in [0.717, 1.165) is 0 Å². The summed E-state index contributed by atoms with van der Waals surface area (Å²) in [5.74, 6) is 0. The first kappa shape index (κ1) is 13.4. The molecule has 0 atom stereocenters. The van der Waals surface area contributed by atoms with Crippen LogP contribution >= 0.6 is 0 Å². The van der Waals surface area contributed by atoms with Gasteiger partial charge in [-0.2, -0.15) is 0 Å². The van der Waals surface area contributed by atoms with E-state index in [0.29, 0.717) is 0 Å². The lowest BCUT2D eigenvalue weighted by Gasteiger charge is -1.97. The molecule has 1 heterocycles. The molecule has 0 saturated carbocycles. The molecule has 0 aliphatic carbocycles. The number of unbranched alkanes of at least 4 members (excludes halogenated alkanes) is 3. The molecule has 0 fully saturated rings. The van der Waals surface area contributed by atoms with Crippen LogP contribution in [0.15, 0.2) is 24.5 Å². The molecule has 1 rings (SSSR count). The van der Waals surface area contributed by atoms with Crippen LogP contribution in [0.2, 0.25) is 0 Å². The quantitative estimate of drug-likeness (QED) is 0.474. The fourth-order valence-corrected chi connectivity index (χ4v) is 1.51. The zero-order valence-electron chi connectivity index (χ0n) is 9.17. The molecule has 14 heavy (non-hydrogen) atoms. The van der Waals surface area contributed by atoms with Gasteiger partial charge in [0.2, 0.25) is 0 Å². The van der Waals surface area contributed by atoms with Gasteiger partial charge in [0.25, 0.3) is 0 Å². The molecule has 1 aromatic heterocycles. The first-order valence-electron chi connectivity index (χ1n) is 5.28. The lowest BCUT2D eigenvalue weighted by molar-refractivity contribution is -0.697. The number of aryl methyl sites for hydroxylation is 2. The molecule has 80 valence electrons. The minimum absolute atomic E-state index is 0. The third-order valence-electron chi connectivity index (χ3n) is 2.28. The van der Waals surface area contributed by atoms with Crippen molar-refractivity contribution in [1.82, 2.24) is 0 Å². The Hall–Kier alpha value is -0.560. The van der Waals surface area contributed by atoms with Crippen LogP contribution in [-0.4, -0.2) is 0 Å². The largest absolute Gasteiger partial charge is 1.00 e. The summed E-state index contributed by atoms with van der Waals surface area (Å²) < 4.78 is 2.28. The maximum Gasteiger partial charge on any atom is 0.171 e. The highest BCUT2D eigenvalue weighted by Gasteiger charge is 1.98. The molecule has 0 unspecified atom stereocenters. The first-order chi connectivity index (χ1) is 6.33. The van der Waals surface area contributed by atoms with Gasteiger partial charge in [-0.05, 0) is 19.4 Å². The van der Waals surface area contributed by atoms with Crippen molar-refractivity contribution < 1.29 is 17.0 Å². The third-order valence-corrected chi connectivity index (χ3v) is 2.28. The maximum absolute atomic E-state index is 2.28. The van der Waals surface area contributed by atoms with E-state index in [9.17, 15) is 0 Å². The Bertz CT molecular complexity index is 248. The summed E-state index contributed by atoms with van der Waals surface area (Å²) in [6.45, 7) is 5.56. The summed E-state index contributed by atoms with van der Waals surface area (Å²) in [4.78, 5) is 0. The van der Waals surface area contributed by atoms with E-state index in [1.54, 1.807) is 0 Å². The highest BCUT2D eigenvalue weighted by Crippen LogP contribution is 1.98. The van der Waals surface area contributed by atoms with Crippen LogP contribution in [0, 0.1) is 6.92 Å². The van der Waals surface area contributed by atoms with E-state index in [-0.39, 0.29) is 12.4 Å². The molecule has 0 bridgehead atoms. The Morgan fingerprint density at radius 3 is 2.64 bits per heavy atom. The van der Waals surface area contributed by atoms with Crippen LogP contribution in [0.5, 0.6) is 0 Å². The first-order valence-corrected chi connectivity index (χ1v) is 5.28. The van der Waals surface area contributed by atoms with Crippen molar-refractivity contribution >= 4 is 0 Å². The number of aromatic nitrogens is 1. The number of nitrogens with zero attached hydrogens (tertiary/aromatic N) is 1. The van der Waals surface area contributed by atoms with Crippen LogP contribution in [0.3, 0.4) is 0 Å². The van der Waals surface area contributed by atoms with E-state index in [4.69, 9.17) is 0 Å². The van der Waals surface area contributed by atoms with E-state index >= 15 is 0 Å². The zero-order valence-corrected chi connectivity index (χ0v) is 9.93. The van der Waals surface area contributed by atoms with Crippen LogP contribution in [0.1, 0.15) is 38.2 Å². The second kappa shape index (κ2) is 7.81. The Labute approximate surface area is 93.6 Å². The van der Waals surface area contributed by atoms with Crippen molar-refractivity contribution in [2.45, 2.75) is 46.1 Å². The van der Waals surface area contributed by atoms with E-state index < -0.39 is 0 Å². The summed E-state index contributed by atoms with van der Waals surface area (Å²) in [7, 11) is 0. The van der Waals surface area contributed by atoms with Crippen molar-refractivity contribution in [3.05, 3.63) is 30.1 Å². The molecule has 0 aromatic carbocycles. The van der Waals surface area contributed by atoms with Gasteiger partial charge >= 0.3 is 0 Å². The van der Waals surface area contributed by atoms with Crippen molar-refractivity contribution in [1.29, 1.82) is 0 Å². The highest BCUT2D eigenvalue weighted by atomic mass is 35.5. The van der Waals surface area contributed by atoms with Crippen molar-refractivity contribution in [3.8, 4) is 0 Å². The van der Waals surface area contributed by atoms with Gasteiger partial charge in [0, 0.05) is 18.1 Å². The molecule has 0 radical (unpaired) electrons. The second-order valence-corrected chi connectivity index (χ2v) is 3.68. The fourth-order valence-electron chi connectivity index (χ4n) is 1.51. The lowest BCUT2D eigenvalue weighted by atomic mass is 10.2. The number of rotatable bonds is 5. The van der Waals surface area contributed by atoms with Gasteiger partial charge in [0.1, 0.15) is 6.54 Å². The number of pyridine rings is 1. The SMILES string of the molecule is CCCCCC[n+]1cccc(C)c1.[Cl-]. The van der Waals surface area contributed by atoms with E-state index in [1.807, 2.05) is 0 Å². The molecule has 0 aliphatic rings. The minimum Gasteiger partial charge on any atom is -1.00 e. The molecule has 0 spiro atoms.